The molecule has 0 saturated heterocycles. The Bertz CT molecular complexity index is 3200. The van der Waals surface area contributed by atoms with E-state index < -0.39 is 0 Å². The van der Waals surface area contributed by atoms with Gasteiger partial charge in [-0.1, -0.05) is 146 Å². The van der Waals surface area contributed by atoms with Crippen molar-refractivity contribution in [2.45, 2.75) is 0 Å². The highest BCUT2D eigenvalue weighted by molar-refractivity contribution is 7.25. The molecule has 2 nitrogen and oxygen atoms in total. The van der Waals surface area contributed by atoms with Crippen LogP contribution in [0.1, 0.15) is 0 Å². The van der Waals surface area contributed by atoms with Gasteiger partial charge in [-0.05, 0) is 106 Å². The van der Waals surface area contributed by atoms with Crippen molar-refractivity contribution >= 4 is 70.4 Å². The van der Waals surface area contributed by atoms with E-state index in [0.717, 1.165) is 22.7 Å². The molecule has 0 saturated carbocycles. The molecular formula is C54H36N2S. The Morgan fingerprint density at radius 3 is 1.46 bits per heavy atom. The number of anilines is 3. The highest BCUT2D eigenvalue weighted by Gasteiger charge is 2.17. The van der Waals surface area contributed by atoms with Gasteiger partial charge in [0.1, 0.15) is 0 Å². The number of hydrogen-bond donors (Lipinski definition) is 0. The molecule has 0 N–H and O–H groups in total. The first-order valence-corrected chi connectivity index (χ1v) is 20.2. The third-order valence-corrected chi connectivity index (χ3v) is 12.4. The van der Waals surface area contributed by atoms with Crippen molar-refractivity contribution in [2.24, 2.45) is 0 Å². The van der Waals surface area contributed by atoms with Crippen LogP contribution in [0.4, 0.5) is 17.1 Å². The lowest BCUT2D eigenvalue weighted by atomic mass is 10.00. The fourth-order valence-corrected chi connectivity index (χ4v) is 9.48. The van der Waals surface area contributed by atoms with E-state index in [1.54, 1.807) is 0 Å². The minimum Gasteiger partial charge on any atom is -0.310 e. The Hall–Kier alpha value is -7.20. The maximum Gasteiger partial charge on any atom is 0.0547 e. The number of aromatic nitrogens is 1. The van der Waals surface area contributed by atoms with E-state index >= 15 is 0 Å². The van der Waals surface area contributed by atoms with Crippen LogP contribution in [0, 0.1) is 0 Å². The Labute approximate surface area is 335 Å². The fourth-order valence-electron chi connectivity index (χ4n) is 8.40. The second-order valence-electron chi connectivity index (χ2n) is 14.6. The van der Waals surface area contributed by atoms with Crippen LogP contribution in [0.15, 0.2) is 218 Å². The van der Waals surface area contributed by atoms with Gasteiger partial charge in [0.2, 0.25) is 0 Å². The predicted molar refractivity (Wildman–Crippen MR) is 245 cm³/mol. The van der Waals surface area contributed by atoms with Crippen LogP contribution >= 0.6 is 11.3 Å². The van der Waals surface area contributed by atoms with E-state index in [0.29, 0.717) is 0 Å². The van der Waals surface area contributed by atoms with Gasteiger partial charge < -0.3 is 9.47 Å². The Morgan fingerprint density at radius 1 is 0.298 bits per heavy atom. The Balaban J connectivity index is 0.989. The Kier molecular flexibility index (Phi) is 8.04. The van der Waals surface area contributed by atoms with Crippen molar-refractivity contribution in [2.75, 3.05) is 4.90 Å². The molecular weight excluding hydrogens is 709 g/mol. The summed E-state index contributed by atoms with van der Waals surface area (Å²) >= 11 is 1.85. The largest absolute Gasteiger partial charge is 0.310 e. The SMILES string of the molecule is c1ccc(-c2ccc(-c3ccc(N(c4ccc(-c5ccc6c7ccccc7n(-c7ccccc7)c6c5)cc4)c4ccc5sc6ccccc6c5c4)cc3)cc2)cc1. The number of para-hydroxylation sites is 2. The van der Waals surface area contributed by atoms with Crippen molar-refractivity contribution in [3.8, 4) is 39.1 Å². The molecule has 2 heterocycles. The fraction of sp³-hybridized carbons (Fsp3) is 0. The summed E-state index contributed by atoms with van der Waals surface area (Å²) in [5, 5.41) is 5.10. The van der Waals surface area contributed by atoms with Crippen molar-refractivity contribution in [3.05, 3.63) is 218 Å². The molecule has 268 valence electrons. The average molecular weight is 745 g/mol. The van der Waals surface area contributed by atoms with Gasteiger partial charge >= 0.3 is 0 Å². The highest BCUT2D eigenvalue weighted by atomic mass is 32.1. The molecule has 0 radical (unpaired) electrons. The summed E-state index contributed by atoms with van der Waals surface area (Å²) in [6.45, 7) is 0. The lowest BCUT2D eigenvalue weighted by Crippen LogP contribution is -2.09. The molecule has 9 aromatic carbocycles. The van der Waals surface area contributed by atoms with E-state index in [1.807, 2.05) is 11.3 Å². The molecule has 0 aliphatic rings. The number of fused-ring (bicyclic) bond motifs is 6. The maximum atomic E-state index is 2.38. The first kappa shape index (κ1) is 33.2. The highest BCUT2D eigenvalue weighted by Crippen LogP contribution is 2.42. The first-order chi connectivity index (χ1) is 28.2. The summed E-state index contributed by atoms with van der Waals surface area (Å²) in [6.07, 6.45) is 0. The summed E-state index contributed by atoms with van der Waals surface area (Å²) < 4.78 is 5.00. The van der Waals surface area contributed by atoms with E-state index in [4.69, 9.17) is 0 Å². The average Bonchev–Trinajstić information content (AvgIpc) is 3.83. The molecule has 0 aliphatic heterocycles. The lowest BCUT2D eigenvalue weighted by Gasteiger charge is -2.26. The maximum absolute atomic E-state index is 2.38. The second kappa shape index (κ2) is 13.8. The van der Waals surface area contributed by atoms with Gasteiger partial charge in [-0.25, -0.2) is 0 Å². The summed E-state index contributed by atoms with van der Waals surface area (Å²) in [6, 6.07) is 79.3. The normalized spacial score (nSPS) is 11.5. The number of benzene rings is 9. The van der Waals surface area contributed by atoms with Crippen molar-refractivity contribution in [3.63, 3.8) is 0 Å². The number of thiophene rings is 1. The van der Waals surface area contributed by atoms with Gasteiger partial charge in [-0.3, -0.25) is 0 Å². The number of hydrogen-bond acceptors (Lipinski definition) is 2. The van der Waals surface area contributed by atoms with Gasteiger partial charge in [0.05, 0.1) is 11.0 Å². The van der Waals surface area contributed by atoms with E-state index in [1.165, 1.54) is 75.4 Å². The molecule has 0 atom stereocenters. The molecule has 11 rings (SSSR count). The van der Waals surface area contributed by atoms with Crippen LogP contribution in [-0.2, 0) is 0 Å². The number of nitrogens with zero attached hydrogens (tertiary/aromatic N) is 2. The topological polar surface area (TPSA) is 8.17 Å². The molecule has 0 unspecified atom stereocenters. The monoisotopic (exact) mass is 744 g/mol. The summed E-state index contributed by atoms with van der Waals surface area (Å²) in [7, 11) is 0. The van der Waals surface area contributed by atoms with Crippen molar-refractivity contribution in [1.82, 2.24) is 4.57 Å². The molecule has 0 fully saturated rings. The van der Waals surface area contributed by atoms with Crippen molar-refractivity contribution < 1.29 is 0 Å². The molecule has 57 heavy (non-hydrogen) atoms. The minimum absolute atomic E-state index is 1.11. The molecule has 3 heteroatoms. The van der Waals surface area contributed by atoms with E-state index in [9.17, 15) is 0 Å². The molecule has 0 bridgehead atoms. The molecule has 11 aromatic rings. The van der Waals surface area contributed by atoms with Crippen LogP contribution in [0.5, 0.6) is 0 Å². The Morgan fingerprint density at radius 2 is 0.772 bits per heavy atom. The van der Waals surface area contributed by atoms with Crippen LogP contribution in [0.3, 0.4) is 0 Å². The quantitative estimate of drug-likeness (QED) is 0.158. The van der Waals surface area contributed by atoms with Crippen LogP contribution in [0.25, 0.3) is 81.0 Å². The molecule has 2 aromatic heterocycles. The first-order valence-electron chi connectivity index (χ1n) is 19.4. The lowest BCUT2D eigenvalue weighted by molar-refractivity contribution is 1.18. The van der Waals surface area contributed by atoms with Gasteiger partial charge in [0.15, 0.2) is 0 Å². The van der Waals surface area contributed by atoms with Crippen LogP contribution < -0.4 is 4.90 Å². The number of rotatable bonds is 7. The van der Waals surface area contributed by atoms with Crippen LogP contribution in [0.2, 0.25) is 0 Å². The van der Waals surface area contributed by atoms with Gasteiger partial charge in [-0.2, -0.15) is 0 Å². The zero-order valence-electron chi connectivity index (χ0n) is 31.1. The standard InChI is InChI=1S/C54H36N2S/c1-3-11-37(12-4-1)38-19-21-39(22-20-38)40-23-28-44(29-24-40)55(46-32-34-54-50(36-46)49-16-8-10-18-53(49)57-54)45-30-25-41(26-31-45)42-27-33-48-47-15-7-9-17-51(47)56(52(48)35-42)43-13-5-2-6-14-43/h1-36H. The molecule has 0 aliphatic carbocycles. The van der Waals surface area contributed by atoms with Crippen LogP contribution in [-0.4, -0.2) is 4.57 Å². The third-order valence-electron chi connectivity index (χ3n) is 11.2. The zero-order valence-corrected chi connectivity index (χ0v) is 31.9. The third kappa shape index (κ3) is 5.88. The van der Waals surface area contributed by atoms with Gasteiger partial charge in [0.25, 0.3) is 0 Å². The predicted octanol–water partition coefficient (Wildman–Crippen LogP) is 15.6. The smallest absolute Gasteiger partial charge is 0.0547 e. The molecule has 0 spiro atoms. The summed E-state index contributed by atoms with van der Waals surface area (Å²) in [4.78, 5) is 2.38. The van der Waals surface area contributed by atoms with Gasteiger partial charge in [0, 0.05) is 53.7 Å². The van der Waals surface area contributed by atoms with Crippen molar-refractivity contribution in [1.29, 1.82) is 0 Å². The second-order valence-corrected chi connectivity index (χ2v) is 15.7. The zero-order chi connectivity index (χ0) is 37.7. The summed E-state index contributed by atoms with van der Waals surface area (Å²) in [5.41, 5.74) is 14.1. The van der Waals surface area contributed by atoms with E-state index in [-0.39, 0.29) is 0 Å². The summed E-state index contributed by atoms with van der Waals surface area (Å²) in [5.74, 6) is 0. The minimum atomic E-state index is 1.11. The van der Waals surface area contributed by atoms with E-state index in [2.05, 4.69) is 228 Å². The molecule has 0 amide bonds. The van der Waals surface area contributed by atoms with Gasteiger partial charge in [-0.15, -0.1) is 11.3 Å².